The summed E-state index contributed by atoms with van der Waals surface area (Å²) in [5.41, 5.74) is 0.922. The van der Waals surface area contributed by atoms with E-state index in [9.17, 15) is 9.18 Å². The standard InChI is InChI=1S/C21H20FNO3S2/c1-13(2)12-26-17-9-8-14(10-18(17)25-3)11-19-20(24)23(21(27)28-19)16-7-5-4-6-15(16)22/h4-11,13H,12H2,1-3H3/b19-11+. The molecule has 2 aromatic rings. The van der Waals surface area contributed by atoms with E-state index in [4.69, 9.17) is 21.7 Å². The molecule has 0 atom stereocenters. The number of nitrogens with zero attached hydrogens (tertiary/aromatic N) is 1. The van der Waals surface area contributed by atoms with Crippen molar-refractivity contribution in [1.82, 2.24) is 0 Å². The molecule has 3 rings (SSSR count). The molecule has 1 aliphatic rings. The molecular weight excluding hydrogens is 397 g/mol. The number of para-hydroxylation sites is 1. The number of thiocarbonyl (C=S) groups is 1. The van der Waals surface area contributed by atoms with E-state index in [1.807, 2.05) is 12.1 Å². The van der Waals surface area contributed by atoms with Gasteiger partial charge in [0.1, 0.15) is 5.82 Å². The maximum Gasteiger partial charge on any atom is 0.270 e. The summed E-state index contributed by atoms with van der Waals surface area (Å²) in [6.07, 6.45) is 1.72. The highest BCUT2D eigenvalue weighted by molar-refractivity contribution is 8.27. The highest BCUT2D eigenvalue weighted by Crippen LogP contribution is 2.38. The van der Waals surface area contributed by atoms with E-state index in [-0.39, 0.29) is 11.6 Å². The van der Waals surface area contributed by atoms with E-state index >= 15 is 0 Å². The number of hydrogen-bond acceptors (Lipinski definition) is 5. The van der Waals surface area contributed by atoms with Gasteiger partial charge in [0.2, 0.25) is 0 Å². The number of carbonyl (C=O) groups is 1. The molecule has 28 heavy (non-hydrogen) atoms. The van der Waals surface area contributed by atoms with Crippen LogP contribution in [0.3, 0.4) is 0 Å². The predicted molar refractivity (Wildman–Crippen MR) is 115 cm³/mol. The van der Waals surface area contributed by atoms with Gasteiger partial charge in [-0.2, -0.15) is 0 Å². The summed E-state index contributed by atoms with van der Waals surface area (Å²) in [7, 11) is 1.57. The second kappa shape index (κ2) is 8.75. The van der Waals surface area contributed by atoms with Gasteiger partial charge in [0, 0.05) is 0 Å². The van der Waals surface area contributed by atoms with Crippen molar-refractivity contribution in [2.45, 2.75) is 13.8 Å². The molecule has 0 N–H and O–H groups in total. The lowest BCUT2D eigenvalue weighted by atomic mass is 10.1. The van der Waals surface area contributed by atoms with Crippen molar-refractivity contribution in [2.75, 3.05) is 18.6 Å². The lowest BCUT2D eigenvalue weighted by Crippen LogP contribution is -2.28. The molecule has 0 saturated carbocycles. The van der Waals surface area contributed by atoms with Crippen LogP contribution in [0.15, 0.2) is 47.4 Å². The first kappa shape index (κ1) is 20.4. The van der Waals surface area contributed by atoms with Crippen LogP contribution in [0, 0.1) is 11.7 Å². The van der Waals surface area contributed by atoms with Crippen LogP contribution in [-0.4, -0.2) is 23.9 Å². The Bertz CT molecular complexity index is 943. The van der Waals surface area contributed by atoms with Gasteiger partial charge in [0.05, 0.1) is 24.3 Å². The number of anilines is 1. The molecule has 1 aliphatic heterocycles. The first-order chi connectivity index (χ1) is 13.4. The van der Waals surface area contributed by atoms with Gasteiger partial charge in [-0.15, -0.1) is 0 Å². The third-order valence-corrected chi connectivity index (χ3v) is 5.25. The number of ether oxygens (including phenoxy) is 2. The first-order valence-electron chi connectivity index (χ1n) is 8.74. The van der Waals surface area contributed by atoms with Crippen molar-refractivity contribution >= 4 is 46.0 Å². The van der Waals surface area contributed by atoms with E-state index in [0.29, 0.717) is 33.2 Å². The third-order valence-electron chi connectivity index (χ3n) is 3.94. The zero-order chi connectivity index (χ0) is 20.3. The van der Waals surface area contributed by atoms with E-state index in [1.54, 1.807) is 31.4 Å². The Morgan fingerprint density at radius 2 is 1.96 bits per heavy atom. The van der Waals surface area contributed by atoms with E-state index < -0.39 is 5.82 Å². The second-order valence-corrected chi connectivity index (χ2v) is 8.26. The van der Waals surface area contributed by atoms with Gasteiger partial charge >= 0.3 is 0 Å². The van der Waals surface area contributed by atoms with E-state index in [0.717, 1.165) is 17.3 Å². The minimum absolute atomic E-state index is 0.156. The number of carbonyl (C=O) groups excluding carboxylic acids is 1. The number of benzene rings is 2. The molecule has 1 heterocycles. The smallest absolute Gasteiger partial charge is 0.270 e. The van der Waals surface area contributed by atoms with Gasteiger partial charge in [-0.1, -0.05) is 56.0 Å². The van der Waals surface area contributed by atoms with Crippen molar-refractivity contribution in [1.29, 1.82) is 0 Å². The molecule has 7 heteroatoms. The number of methoxy groups -OCH3 is 1. The van der Waals surface area contributed by atoms with Crippen LogP contribution >= 0.6 is 24.0 Å². The molecular formula is C21H20FNO3S2. The average Bonchev–Trinajstić information content (AvgIpc) is 2.94. The molecule has 0 bridgehead atoms. The van der Waals surface area contributed by atoms with Gasteiger partial charge in [0.15, 0.2) is 15.8 Å². The zero-order valence-electron chi connectivity index (χ0n) is 15.8. The maximum absolute atomic E-state index is 14.1. The van der Waals surface area contributed by atoms with Crippen molar-refractivity contribution < 1.29 is 18.7 Å². The summed E-state index contributed by atoms with van der Waals surface area (Å²) in [6, 6.07) is 11.5. The minimum atomic E-state index is -0.492. The van der Waals surface area contributed by atoms with Crippen LogP contribution in [0.25, 0.3) is 6.08 Å². The largest absolute Gasteiger partial charge is 0.493 e. The van der Waals surface area contributed by atoms with Gasteiger partial charge in [-0.25, -0.2) is 4.39 Å². The number of amides is 1. The fourth-order valence-electron chi connectivity index (χ4n) is 2.61. The molecule has 1 amide bonds. The SMILES string of the molecule is COc1cc(/C=C2/SC(=S)N(c3ccccc3F)C2=O)ccc1OCC(C)C. The van der Waals surface area contributed by atoms with Gasteiger partial charge in [0.25, 0.3) is 5.91 Å². The van der Waals surface area contributed by atoms with Crippen LogP contribution in [-0.2, 0) is 4.79 Å². The normalized spacial score (nSPS) is 15.6. The summed E-state index contributed by atoms with van der Waals surface area (Å²) < 4.78 is 25.6. The summed E-state index contributed by atoms with van der Waals surface area (Å²) in [4.78, 5) is 14.4. The molecule has 0 unspecified atom stereocenters. The van der Waals surface area contributed by atoms with Crippen LogP contribution in [0.1, 0.15) is 19.4 Å². The summed E-state index contributed by atoms with van der Waals surface area (Å²) >= 11 is 6.44. The number of rotatable bonds is 6. The fraction of sp³-hybridized carbons (Fsp3) is 0.238. The highest BCUT2D eigenvalue weighted by Gasteiger charge is 2.34. The van der Waals surface area contributed by atoms with Gasteiger partial charge < -0.3 is 9.47 Å². The third kappa shape index (κ3) is 4.36. The Balaban J connectivity index is 1.87. The predicted octanol–water partition coefficient (Wildman–Crippen LogP) is 5.27. The van der Waals surface area contributed by atoms with Gasteiger partial charge in [-0.3, -0.25) is 9.69 Å². The monoisotopic (exact) mass is 417 g/mol. The first-order valence-corrected chi connectivity index (χ1v) is 9.96. The fourth-order valence-corrected chi connectivity index (χ4v) is 3.89. The van der Waals surface area contributed by atoms with Crippen LogP contribution in [0.4, 0.5) is 10.1 Å². The topological polar surface area (TPSA) is 38.8 Å². The Labute approximate surface area is 173 Å². The van der Waals surface area contributed by atoms with Crippen molar-refractivity contribution in [2.24, 2.45) is 5.92 Å². The Morgan fingerprint density at radius 3 is 2.64 bits per heavy atom. The average molecular weight is 418 g/mol. The lowest BCUT2D eigenvalue weighted by Gasteiger charge is -2.15. The summed E-state index contributed by atoms with van der Waals surface area (Å²) in [5, 5.41) is 0. The number of hydrogen-bond donors (Lipinski definition) is 0. The Morgan fingerprint density at radius 1 is 1.21 bits per heavy atom. The van der Waals surface area contributed by atoms with Gasteiger partial charge in [-0.05, 0) is 41.8 Å². The summed E-state index contributed by atoms with van der Waals surface area (Å²) in [6.45, 7) is 4.72. The molecule has 4 nitrogen and oxygen atoms in total. The van der Waals surface area contributed by atoms with Crippen molar-refractivity contribution in [3.8, 4) is 11.5 Å². The second-order valence-electron chi connectivity index (χ2n) is 6.58. The minimum Gasteiger partial charge on any atom is -0.493 e. The van der Waals surface area contributed by atoms with Crippen molar-refractivity contribution in [3.63, 3.8) is 0 Å². The zero-order valence-corrected chi connectivity index (χ0v) is 17.4. The molecule has 0 aliphatic carbocycles. The number of thioether (sulfide) groups is 1. The van der Waals surface area contributed by atoms with E-state index in [1.165, 1.54) is 17.0 Å². The molecule has 0 radical (unpaired) electrons. The van der Waals surface area contributed by atoms with E-state index in [2.05, 4.69) is 13.8 Å². The molecule has 2 aromatic carbocycles. The molecule has 1 saturated heterocycles. The molecule has 146 valence electrons. The quantitative estimate of drug-likeness (QED) is 0.473. The summed E-state index contributed by atoms with van der Waals surface area (Å²) in [5.74, 6) is 0.781. The molecule has 0 aromatic heterocycles. The highest BCUT2D eigenvalue weighted by atomic mass is 32.2. The van der Waals surface area contributed by atoms with Crippen molar-refractivity contribution in [3.05, 3.63) is 58.8 Å². The Hall–Kier alpha value is -2.38. The lowest BCUT2D eigenvalue weighted by molar-refractivity contribution is -0.113. The maximum atomic E-state index is 14.1. The number of halogens is 1. The molecule has 0 spiro atoms. The van der Waals surface area contributed by atoms with Crippen LogP contribution in [0.5, 0.6) is 11.5 Å². The Kier molecular flexibility index (Phi) is 6.36. The molecule has 1 fully saturated rings. The van der Waals surface area contributed by atoms with Crippen LogP contribution < -0.4 is 14.4 Å². The van der Waals surface area contributed by atoms with Crippen LogP contribution in [0.2, 0.25) is 0 Å².